The van der Waals surface area contributed by atoms with E-state index in [9.17, 15) is 20.1 Å². The van der Waals surface area contributed by atoms with Gasteiger partial charge in [-0.15, -0.1) is 5.11 Å². The maximum atomic E-state index is 12.1. The Bertz CT molecular complexity index is 1120. The van der Waals surface area contributed by atoms with Crippen LogP contribution in [0.3, 0.4) is 0 Å². The molecule has 3 rings (SSSR count). The highest BCUT2D eigenvalue weighted by molar-refractivity contribution is 5.99. The maximum Gasteiger partial charge on any atom is 0.338 e. The lowest BCUT2D eigenvalue weighted by atomic mass is 9.99. The van der Waals surface area contributed by atoms with Crippen LogP contribution in [-0.4, -0.2) is 33.7 Å². The van der Waals surface area contributed by atoms with Crippen LogP contribution in [-0.2, 0) is 4.74 Å². The van der Waals surface area contributed by atoms with E-state index in [2.05, 4.69) is 15.7 Å². The molecule has 0 spiro atoms. The molecule has 0 bridgehead atoms. The number of nitrogens with two attached hydrogens (primary N) is 1. The van der Waals surface area contributed by atoms with Crippen LogP contribution < -0.4 is 11.2 Å². The molecule has 1 aliphatic rings. The molecule has 154 valence electrons. The number of aliphatic hydroxyl groups is 3. The molecule has 0 amide bonds. The first-order valence-corrected chi connectivity index (χ1v) is 8.81. The van der Waals surface area contributed by atoms with Gasteiger partial charge >= 0.3 is 5.97 Å². The molecule has 1 aliphatic carbocycles. The van der Waals surface area contributed by atoms with Gasteiger partial charge in [-0.05, 0) is 48.4 Å². The van der Waals surface area contributed by atoms with Gasteiger partial charge < -0.3 is 31.2 Å². The number of benzene rings is 2. The minimum atomic E-state index is -0.610. The fourth-order valence-electron chi connectivity index (χ4n) is 2.82. The maximum absolute atomic E-state index is 12.1. The second kappa shape index (κ2) is 8.35. The summed E-state index contributed by atoms with van der Waals surface area (Å²) in [5, 5.41) is 46.2. The molecule has 2 aromatic rings. The van der Waals surface area contributed by atoms with E-state index in [1.807, 2.05) is 0 Å². The van der Waals surface area contributed by atoms with E-state index in [1.54, 1.807) is 43.3 Å². The Balaban J connectivity index is 2.04. The zero-order chi connectivity index (χ0) is 21.8. The van der Waals surface area contributed by atoms with E-state index in [1.165, 1.54) is 6.07 Å². The minimum Gasteiger partial charge on any atom is -0.503 e. The van der Waals surface area contributed by atoms with Crippen molar-refractivity contribution in [2.75, 3.05) is 11.9 Å². The average molecular weight is 409 g/mol. The highest BCUT2D eigenvalue weighted by atomic mass is 16.5. The van der Waals surface area contributed by atoms with Crippen molar-refractivity contribution in [3.63, 3.8) is 0 Å². The number of hydrogen-bond acceptors (Lipinski definition) is 8. The molecule has 2 aromatic carbocycles. The first kappa shape index (κ1) is 20.4. The fourth-order valence-corrected chi connectivity index (χ4v) is 2.82. The van der Waals surface area contributed by atoms with Crippen molar-refractivity contribution in [3.8, 4) is 11.1 Å². The number of nitrogens with one attached hydrogen (secondary N) is 2. The molecule has 10 heteroatoms. The number of hydrogen-bond donors (Lipinski definition) is 6. The smallest absolute Gasteiger partial charge is 0.338 e. The average Bonchev–Trinajstić information content (AvgIpc) is 2.77. The predicted octanol–water partition coefficient (Wildman–Crippen LogP) is 3.70. The Hall–Kier alpha value is -4.34. The van der Waals surface area contributed by atoms with Gasteiger partial charge in [-0.2, -0.15) is 0 Å². The van der Waals surface area contributed by atoms with E-state index in [-0.39, 0.29) is 18.1 Å². The third-order valence-corrected chi connectivity index (χ3v) is 4.26. The molecule has 0 heterocycles. The van der Waals surface area contributed by atoms with Gasteiger partial charge in [0.1, 0.15) is 5.70 Å². The molecule has 7 N–H and O–H groups in total. The second-order valence-corrected chi connectivity index (χ2v) is 6.21. The zero-order valence-electron chi connectivity index (χ0n) is 15.9. The predicted molar refractivity (Wildman–Crippen MR) is 109 cm³/mol. The highest BCUT2D eigenvalue weighted by Crippen LogP contribution is 2.33. The SMILES string of the molecule is CCOC(=O)c1cccc(-c2cc(NC3=C(O)C(O)=C3O)cc(C(=N)N=NN)c2)c1. The lowest BCUT2D eigenvalue weighted by Gasteiger charge is -2.21. The molecule has 0 unspecified atom stereocenters. The summed E-state index contributed by atoms with van der Waals surface area (Å²) in [7, 11) is 0. The number of rotatable bonds is 6. The monoisotopic (exact) mass is 409 g/mol. The summed E-state index contributed by atoms with van der Waals surface area (Å²) in [6.45, 7) is 1.96. The van der Waals surface area contributed by atoms with E-state index in [0.717, 1.165) is 0 Å². The minimum absolute atomic E-state index is 0.0668. The van der Waals surface area contributed by atoms with Crippen molar-refractivity contribution in [2.24, 2.45) is 16.2 Å². The molecule has 0 fully saturated rings. The number of aliphatic hydroxyl groups excluding tert-OH is 3. The summed E-state index contributed by atoms with van der Waals surface area (Å²) in [5.41, 5.74) is 2.25. The first-order chi connectivity index (χ1) is 14.3. The fraction of sp³-hybridized carbons (Fsp3) is 0.100. The zero-order valence-corrected chi connectivity index (χ0v) is 15.9. The van der Waals surface area contributed by atoms with Crippen molar-refractivity contribution in [1.82, 2.24) is 0 Å². The van der Waals surface area contributed by atoms with Gasteiger partial charge in [0.15, 0.2) is 17.4 Å². The molecule has 10 nitrogen and oxygen atoms in total. The van der Waals surface area contributed by atoms with Crippen LogP contribution in [0.5, 0.6) is 0 Å². The molecular weight excluding hydrogens is 390 g/mol. The number of carbonyl (C=O) groups is 1. The van der Waals surface area contributed by atoms with E-state index in [0.29, 0.717) is 27.9 Å². The lowest BCUT2D eigenvalue weighted by Crippen LogP contribution is -2.18. The largest absolute Gasteiger partial charge is 0.503 e. The van der Waals surface area contributed by atoms with Crippen LogP contribution in [0.15, 0.2) is 75.8 Å². The summed E-state index contributed by atoms with van der Waals surface area (Å²) in [4.78, 5) is 12.1. The van der Waals surface area contributed by atoms with Gasteiger partial charge in [-0.25, -0.2) is 4.79 Å². The normalized spacial score (nSPS) is 13.4. The third-order valence-electron chi connectivity index (χ3n) is 4.26. The van der Waals surface area contributed by atoms with Crippen molar-refractivity contribution in [3.05, 3.63) is 76.6 Å². The summed E-state index contributed by atoms with van der Waals surface area (Å²) in [6, 6.07) is 11.6. The second-order valence-electron chi connectivity index (χ2n) is 6.21. The van der Waals surface area contributed by atoms with Crippen LogP contribution in [0, 0.1) is 5.41 Å². The Labute approximate surface area is 171 Å². The highest BCUT2D eigenvalue weighted by Gasteiger charge is 2.29. The van der Waals surface area contributed by atoms with Crippen LogP contribution in [0.1, 0.15) is 22.8 Å². The summed E-state index contributed by atoms with van der Waals surface area (Å²) in [5.74, 6) is 2.77. The number of esters is 1. The van der Waals surface area contributed by atoms with Gasteiger partial charge in [0.25, 0.3) is 0 Å². The Morgan fingerprint density at radius 1 is 1.07 bits per heavy atom. The number of anilines is 1. The summed E-state index contributed by atoms with van der Waals surface area (Å²) >= 11 is 0. The standard InChI is InChI=1S/C20H19N5O5/c1-2-30-20(29)11-5-3-4-10(6-11)12-7-13(19(21)24-25-22)9-14(8-12)23-15-16(26)18(28)17(15)27/h3-9,23,26-28H,2H2,1H3,(H3,21,22,24). The molecule has 0 saturated carbocycles. The molecule has 0 saturated heterocycles. The summed E-state index contributed by atoms with van der Waals surface area (Å²) < 4.78 is 5.03. The van der Waals surface area contributed by atoms with Crippen LogP contribution in [0.2, 0.25) is 0 Å². The number of ether oxygens (including phenoxy) is 1. The van der Waals surface area contributed by atoms with Crippen molar-refractivity contribution in [2.45, 2.75) is 6.92 Å². The van der Waals surface area contributed by atoms with Gasteiger partial charge in [0.05, 0.1) is 12.2 Å². The Morgan fingerprint density at radius 2 is 1.80 bits per heavy atom. The lowest BCUT2D eigenvalue weighted by molar-refractivity contribution is 0.0526. The van der Waals surface area contributed by atoms with Gasteiger partial charge in [0, 0.05) is 11.3 Å². The molecule has 0 radical (unpaired) electrons. The molecular formula is C20H19N5O5. The molecule has 0 aromatic heterocycles. The number of carbonyl (C=O) groups excluding carboxylic acids is 1. The number of nitrogens with zero attached hydrogens (tertiary/aromatic N) is 2. The van der Waals surface area contributed by atoms with Gasteiger partial charge in [-0.1, -0.05) is 17.4 Å². The molecule has 30 heavy (non-hydrogen) atoms. The van der Waals surface area contributed by atoms with E-state index < -0.39 is 23.2 Å². The van der Waals surface area contributed by atoms with Crippen molar-refractivity contribution < 1.29 is 24.9 Å². The quantitative estimate of drug-likeness (QED) is 0.105. The molecule has 0 aliphatic heterocycles. The van der Waals surface area contributed by atoms with Crippen molar-refractivity contribution in [1.29, 1.82) is 5.41 Å². The topological polar surface area (TPSA) is 174 Å². The summed E-state index contributed by atoms with van der Waals surface area (Å²) in [6.07, 6.45) is 0. The van der Waals surface area contributed by atoms with Crippen LogP contribution >= 0.6 is 0 Å². The third kappa shape index (κ3) is 3.92. The number of amidine groups is 1. The van der Waals surface area contributed by atoms with Crippen molar-refractivity contribution >= 4 is 17.5 Å². The first-order valence-electron chi connectivity index (χ1n) is 8.81. The van der Waals surface area contributed by atoms with E-state index in [4.69, 9.17) is 16.0 Å². The van der Waals surface area contributed by atoms with Gasteiger partial charge in [-0.3, -0.25) is 5.41 Å². The van der Waals surface area contributed by atoms with Gasteiger partial charge in [0.2, 0.25) is 5.76 Å². The Kier molecular flexibility index (Phi) is 5.68. The van der Waals surface area contributed by atoms with Crippen LogP contribution in [0.25, 0.3) is 11.1 Å². The Morgan fingerprint density at radius 3 is 2.47 bits per heavy atom. The van der Waals surface area contributed by atoms with E-state index >= 15 is 0 Å². The van der Waals surface area contributed by atoms with Crippen LogP contribution in [0.4, 0.5) is 5.69 Å². The molecule has 0 atom stereocenters.